The zero-order valence-electron chi connectivity index (χ0n) is 11.0. The van der Waals surface area contributed by atoms with Gasteiger partial charge in [0.15, 0.2) is 0 Å². The SMILES string of the molecule is O=C(CCCc1ccccc1)C1CCCCCN1. The number of benzene rings is 1. The molecule has 0 amide bonds. The summed E-state index contributed by atoms with van der Waals surface area (Å²) in [6.07, 6.45) is 7.41. The van der Waals surface area contributed by atoms with Gasteiger partial charge in [-0.2, -0.15) is 0 Å². The van der Waals surface area contributed by atoms with E-state index in [2.05, 4.69) is 29.6 Å². The Balaban J connectivity index is 1.71. The van der Waals surface area contributed by atoms with E-state index in [4.69, 9.17) is 0 Å². The zero-order chi connectivity index (χ0) is 12.6. The highest BCUT2D eigenvalue weighted by Crippen LogP contribution is 2.12. The third-order valence-corrected chi connectivity index (χ3v) is 3.68. The van der Waals surface area contributed by atoms with Crippen molar-refractivity contribution in [1.82, 2.24) is 5.32 Å². The van der Waals surface area contributed by atoms with Crippen LogP contribution in [0.15, 0.2) is 30.3 Å². The Hall–Kier alpha value is -1.15. The molecule has 1 N–H and O–H groups in total. The lowest BCUT2D eigenvalue weighted by atomic mass is 10.0. The first kappa shape index (κ1) is 13.3. The average Bonchev–Trinajstić information content (AvgIpc) is 2.69. The number of nitrogens with one attached hydrogen (secondary N) is 1. The van der Waals surface area contributed by atoms with Crippen molar-refractivity contribution in [2.24, 2.45) is 0 Å². The second-order valence-corrected chi connectivity index (χ2v) is 5.16. The van der Waals surface area contributed by atoms with Crippen LogP contribution in [0.2, 0.25) is 0 Å². The summed E-state index contributed by atoms with van der Waals surface area (Å²) >= 11 is 0. The number of rotatable bonds is 5. The van der Waals surface area contributed by atoms with Crippen molar-refractivity contribution < 1.29 is 4.79 Å². The van der Waals surface area contributed by atoms with Crippen molar-refractivity contribution in [1.29, 1.82) is 0 Å². The van der Waals surface area contributed by atoms with E-state index in [1.807, 2.05) is 6.07 Å². The monoisotopic (exact) mass is 245 g/mol. The molecule has 1 fully saturated rings. The Labute approximate surface area is 110 Å². The van der Waals surface area contributed by atoms with Crippen LogP contribution in [0.4, 0.5) is 0 Å². The minimum absolute atomic E-state index is 0.128. The Morgan fingerprint density at radius 3 is 2.83 bits per heavy atom. The van der Waals surface area contributed by atoms with Crippen LogP contribution in [-0.4, -0.2) is 18.4 Å². The smallest absolute Gasteiger partial charge is 0.149 e. The fraction of sp³-hybridized carbons (Fsp3) is 0.562. The fourth-order valence-electron chi connectivity index (χ4n) is 2.59. The van der Waals surface area contributed by atoms with Crippen LogP contribution in [0.3, 0.4) is 0 Å². The Kier molecular flexibility index (Phi) is 5.40. The van der Waals surface area contributed by atoms with Crippen molar-refractivity contribution in [3.05, 3.63) is 35.9 Å². The second-order valence-electron chi connectivity index (χ2n) is 5.16. The third kappa shape index (κ3) is 4.26. The van der Waals surface area contributed by atoms with Gasteiger partial charge in [-0.3, -0.25) is 4.79 Å². The van der Waals surface area contributed by atoms with Gasteiger partial charge in [-0.25, -0.2) is 0 Å². The van der Waals surface area contributed by atoms with Crippen LogP contribution in [0.1, 0.15) is 44.1 Å². The first-order valence-corrected chi connectivity index (χ1v) is 7.16. The summed E-state index contributed by atoms with van der Waals surface area (Å²) in [5.41, 5.74) is 1.33. The van der Waals surface area contributed by atoms with Crippen LogP contribution >= 0.6 is 0 Å². The summed E-state index contributed by atoms with van der Waals surface area (Å²) in [5.74, 6) is 0.410. The molecule has 1 aromatic rings. The molecule has 1 unspecified atom stereocenters. The van der Waals surface area contributed by atoms with Crippen LogP contribution in [0.5, 0.6) is 0 Å². The van der Waals surface area contributed by atoms with Crippen LogP contribution in [0.25, 0.3) is 0 Å². The molecule has 0 aliphatic carbocycles. The molecule has 0 aromatic heterocycles. The molecule has 1 aliphatic heterocycles. The molecule has 1 aliphatic rings. The lowest BCUT2D eigenvalue weighted by Crippen LogP contribution is -2.35. The van der Waals surface area contributed by atoms with E-state index in [-0.39, 0.29) is 6.04 Å². The maximum atomic E-state index is 12.1. The predicted octanol–water partition coefficient (Wildman–Crippen LogP) is 3.11. The highest BCUT2D eigenvalue weighted by Gasteiger charge is 2.18. The zero-order valence-corrected chi connectivity index (χ0v) is 11.0. The lowest BCUT2D eigenvalue weighted by molar-refractivity contribution is -0.121. The van der Waals surface area contributed by atoms with Crippen molar-refractivity contribution in [2.45, 2.75) is 51.0 Å². The maximum Gasteiger partial charge on any atom is 0.149 e. The van der Waals surface area contributed by atoms with Gasteiger partial charge >= 0.3 is 0 Å². The minimum atomic E-state index is 0.128. The maximum absolute atomic E-state index is 12.1. The number of carbonyl (C=O) groups is 1. The lowest BCUT2D eigenvalue weighted by Gasteiger charge is -2.14. The van der Waals surface area contributed by atoms with E-state index in [9.17, 15) is 4.79 Å². The molecular formula is C16H23NO. The highest BCUT2D eigenvalue weighted by atomic mass is 16.1. The van der Waals surface area contributed by atoms with Crippen molar-refractivity contribution in [2.75, 3.05) is 6.54 Å². The third-order valence-electron chi connectivity index (χ3n) is 3.68. The summed E-state index contributed by atoms with van der Waals surface area (Å²) in [6.45, 7) is 1.01. The minimum Gasteiger partial charge on any atom is -0.307 e. The van der Waals surface area contributed by atoms with Gasteiger partial charge < -0.3 is 5.32 Å². The Bertz CT molecular complexity index is 353. The normalized spacial score (nSPS) is 20.3. The number of ketones is 1. The summed E-state index contributed by atoms with van der Waals surface area (Å²) in [4.78, 5) is 12.1. The topological polar surface area (TPSA) is 29.1 Å². The first-order valence-electron chi connectivity index (χ1n) is 7.16. The number of hydrogen-bond acceptors (Lipinski definition) is 2. The van der Waals surface area contributed by atoms with Gasteiger partial charge in [0.1, 0.15) is 5.78 Å². The number of carbonyl (C=O) groups excluding carboxylic acids is 1. The van der Waals surface area contributed by atoms with E-state index < -0.39 is 0 Å². The Morgan fingerprint density at radius 1 is 1.17 bits per heavy atom. The van der Waals surface area contributed by atoms with E-state index in [1.54, 1.807) is 0 Å². The molecule has 18 heavy (non-hydrogen) atoms. The molecule has 2 nitrogen and oxygen atoms in total. The molecule has 0 bridgehead atoms. The number of hydrogen-bond donors (Lipinski definition) is 1. The molecule has 2 rings (SSSR count). The molecule has 1 atom stereocenters. The van der Waals surface area contributed by atoms with E-state index in [0.717, 1.165) is 25.8 Å². The summed E-state index contributed by atoms with van der Waals surface area (Å²) in [6, 6.07) is 10.5. The highest BCUT2D eigenvalue weighted by molar-refractivity contribution is 5.83. The van der Waals surface area contributed by atoms with E-state index in [0.29, 0.717) is 12.2 Å². The van der Waals surface area contributed by atoms with Gasteiger partial charge in [-0.1, -0.05) is 43.2 Å². The van der Waals surface area contributed by atoms with Crippen LogP contribution < -0.4 is 5.32 Å². The molecule has 1 aromatic carbocycles. The van der Waals surface area contributed by atoms with Crippen LogP contribution in [0, 0.1) is 0 Å². The molecule has 1 heterocycles. The molecule has 0 saturated carbocycles. The standard InChI is InChI=1S/C16H23NO/c18-16(15-11-5-2-6-13-17-15)12-7-10-14-8-3-1-4-9-14/h1,3-4,8-9,15,17H,2,5-7,10-13H2. The summed E-state index contributed by atoms with van der Waals surface area (Å²) < 4.78 is 0. The molecule has 2 heteroatoms. The van der Waals surface area contributed by atoms with Crippen molar-refractivity contribution >= 4 is 5.78 Å². The molecule has 0 radical (unpaired) electrons. The van der Waals surface area contributed by atoms with Crippen molar-refractivity contribution in [3.8, 4) is 0 Å². The summed E-state index contributed by atoms with van der Waals surface area (Å²) in [7, 11) is 0. The molecular weight excluding hydrogens is 222 g/mol. The van der Waals surface area contributed by atoms with Gasteiger partial charge in [0.2, 0.25) is 0 Å². The molecule has 1 saturated heterocycles. The van der Waals surface area contributed by atoms with Gasteiger partial charge in [0, 0.05) is 6.42 Å². The fourth-order valence-corrected chi connectivity index (χ4v) is 2.59. The first-order chi connectivity index (χ1) is 8.86. The van der Waals surface area contributed by atoms with Gasteiger partial charge in [0.05, 0.1) is 6.04 Å². The van der Waals surface area contributed by atoms with Gasteiger partial charge in [0.25, 0.3) is 0 Å². The van der Waals surface area contributed by atoms with Gasteiger partial charge in [-0.15, -0.1) is 0 Å². The van der Waals surface area contributed by atoms with Crippen molar-refractivity contribution in [3.63, 3.8) is 0 Å². The van der Waals surface area contributed by atoms with E-state index >= 15 is 0 Å². The van der Waals surface area contributed by atoms with Crippen LogP contribution in [-0.2, 0) is 11.2 Å². The molecule has 0 spiro atoms. The van der Waals surface area contributed by atoms with Gasteiger partial charge in [-0.05, 0) is 37.8 Å². The van der Waals surface area contributed by atoms with E-state index in [1.165, 1.54) is 24.8 Å². The quantitative estimate of drug-likeness (QED) is 0.863. The summed E-state index contributed by atoms with van der Waals surface area (Å²) in [5, 5.41) is 3.38. The number of aryl methyl sites for hydroxylation is 1. The predicted molar refractivity (Wildman–Crippen MR) is 74.6 cm³/mol. The number of Topliss-reactive ketones (excluding diaryl/α,β-unsaturated/α-hetero) is 1. The molecule has 98 valence electrons. The second kappa shape index (κ2) is 7.32. The Morgan fingerprint density at radius 2 is 2.00 bits per heavy atom. The largest absolute Gasteiger partial charge is 0.307 e. The average molecular weight is 245 g/mol.